The number of benzene rings is 3. The number of rotatable bonds is 12. The van der Waals surface area contributed by atoms with E-state index in [-0.39, 0.29) is 18.3 Å². The summed E-state index contributed by atoms with van der Waals surface area (Å²) in [4.78, 5) is 14.3. The third-order valence-corrected chi connectivity index (χ3v) is 6.93. The Bertz CT molecular complexity index is 1300. The van der Waals surface area contributed by atoms with E-state index < -0.39 is 5.79 Å². The van der Waals surface area contributed by atoms with E-state index in [4.69, 9.17) is 28.4 Å². The number of carbonyl (C=O) groups is 1. The molecule has 2 heterocycles. The lowest BCUT2D eigenvalue weighted by molar-refractivity contribution is -0.180. The summed E-state index contributed by atoms with van der Waals surface area (Å²) in [6, 6.07) is 21.8. The molecule has 41 heavy (non-hydrogen) atoms. The first-order valence-electron chi connectivity index (χ1n) is 14.2. The molecule has 1 fully saturated rings. The normalized spacial score (nSPS) is 17.6. The van der Waals surface area contributed by atoms with Crippen LogP contribution in [-0.4, -0.2) is 49.2 Å². The van der Waals surface area contributed by atoms with Crippen molar-refractivity contribution in [2.75, 3.05) is 26.3 Å². The quantitative estimate of drug-likeness (QED) is 0.235. The molecule has 0 unspecified atom stereocenters. The van der Waals surface area contributed by atoms with Crippen LogP contribution >= 0.6 is 0 Å². The monoisotopic (exact) mass is 561 g/mol. The van der Waals surface area contributed by atoms with E-state index in [9.17, 15) is 4.79 Å². The lowest BCUT2D eigenvalue weighted by Gasteiger charge is -2.32. The smallest absolute Gasteiger partial charge is 0.410 e. The van der Waals surface area contributed by atoms with Crippen molar-refractivity contribution in [3.8, 4) is 17.2 Å². The maximum atomic E-state index is 12.5. The molecule has 8 nitrogen and oxygen atoms in total. The fourth-order valence-corrected chi connectivity index (χ4v) is 4.78. The molecule has 8 heteroatoms. The van der Waals surface area contributed by atoms with Gasteiger partial charge in [-0.2, -0.15) is 0 Å². The van der Waals surface area contributed by atoms with Crippen molar-refractivity contribution in [1.82, 2.24) is 4.90 Å². The number of hydrogen-bond donors (Lipinski definition) is 0. The molecule has 0 bridgehead atoms. The van der Waals surface area contributed by atoms with Crippen LogP contribution in [0, 0.1) is 0 Å². The topological polar surface area (TPSA) is 75.7 Å². The van der Waals surface area contributed by atoms with E-state index in [1.165, 1.54) is 0 Å². The first-order valence-corrected chi connectivity index (χ1v) is 14.2. The fraction of sp³-hybridized carbons (Fsp3) is 0.424. The molecule has 3 aromatic carbocycles. The predicted molar refractivity (Wildman–Crippen MR) is 154 cm³/mol. The summed E-state index contributed by atoms with van der Waals surface area (Å²) in [6.45, 7) is 10.9. The third kappa shape index (κ3) is 7.93. The standard InChI is InChI=1S/C33H39NO7/c1-23(2)39-29-12-7-25(8-13-29)21-36-17-18-37-28-10-5-24(6-11-28)15-16-34-20-31(40-32(34)35)26-9-14-30-27(19-26)22-38-33(3,4)41-30/h5-14,19,23,31H,15-18,20-22H2,1-4H3/t31-/m0/s1. The Morgan fingerprint density at radius 3 is 2.44 bits per heavy atom. The largest absolute Gasteiger partial charge is 0.491 e. The SMILES string of the molecule is CC(C)Oc1ccc(COCCOc2ccc(CCN3C[C@@H](c4ccc5c(c4)COC(C)(C)O5)OC3=O)cc2)cc1. The van der Waals surface area contributed by atoms with Crippen LogP contribution < -0.4 is 14.2 Å². The minimum absolute atomic E-state index is 0.159. The van der Waals surface area contributed by atoms with E-state index in [2.05, 4.69) is 0 Å². The molecule has 0 aliphatic carbocycles. The molecular weight excluding hydrogens is 522 g/mol. The zero-order valence-corrected chi connectivity index (χ0v) is 24.3. The second-order valence-electron chi connectivity index (χ2n) is 11.1. The molecule has 5 rings (SSSR count). The molecule has 0 N–H and O–H groups in total. The lowest BCUT2D eigenvalue weighted by Crippen LogP contribution is -2.35. The van der Waals surface area contributed by atoms with E-state index in [1.54, 1.807) is 4.90 Å². The van der Waals surface area contributed by atoms with Gasteiger partial charge in [0.15, 0.2) is 0 Å². The molecular formula is C33H39NO7. The number of hydrogen-bond acceptors (Lipinski definition) is 7. The molecule has 1 saturated heterocycles. The zero-order chi connectivity index (χ0) is 28.8. The van der Waals surface area contributed by atoms with Gasteiger partial charge in [-0.1, -0.05) is 30.3 Å². The van der Waals surface area contributed by atoms with Crippen LogP contribution in [0.15, 0.2) is 66.7 Å². The summed E-state index contributed by atoms with van der Waals surface area (Å²) in [5.41, 5.74) is 4.13. The molecule has 2 aliphatic rings. The molecule has 1 atom stereocenters. The van der Waals surface area contributed by atoms with Crippen molar-refractivity contribution in [2.24, 2.45) is 0 Å². The van der Waals surface area contributed by atoms with Gasteiger partial charge in [-0.3, -0.25) is 0 Å². The number of amides is 1. The minimum Gasteiger partial charge on any atom is -0.491 e. The van der Waals surface area contributed by atoms with Gasteiger partial charge in [-0.25, -0.2) is 4.79 Å². The Morgan fingerprint density at radius 2 is 1.68 bits per heavy atom. The molecule has 3 aromatic rings. The highest BCUT2D eigenvalue weighted by Gasteiger charge is 2.33. The van der Waals surface area contributed by atoms with Gasteiger partial charge in [0.05, 0.1) is 32.5 Å². The van der Waals surface area contributed by atoms with Crippen LogP contribution in [0.2, 0.25) is 0 Å². The van der Waals surface area contributed by atoms with E-state index >= 15 is 0 Å². The Balaban J connectivity index is 1.02. The van der Waals surface area contributed by atoms with Crippen molar-refractivity contribution in [2.45, 2.75) is 65.3 Å². The van der Waals surface area contributed by atoms with Gasteiger partial charge in [0.2, 0.25) is 5.79 Å². The maximum absolute atomic E-state index is 12.5. The highest BCUT2D eigenvalue weighted by Crippen LogP contribution is 2.35. The van der Waals surface area contributed by atoms with Crippen LogP contribution in [0.5, 0.6) is 17.2 Å². The first kappa shape index (κ1) is 28.8. The van der Waals surface area contributed by atoms with Crippen molar-refractivity contribution >= 4 is 6.09 Å². The molecule has 2 aliphatic heterocycles. The summed E-state index contributed by atoms with van der Waals surface area (Å²) in [6.07, 6.45) is 0.291. The molecule has 0 spiro atoms. The molecule has 0 saturated carbocycles. The Hall–Kier alpha value is -3.75. The number of nitrogens with zero attached hydrogens (tertiary/aromatic N) is 1. The predicted octanol–water partition coefficient (Wildman–Crippen LogP) is 6.45. The summed E-state index contributed by atoms with van der Waals surface area (Å²) < 4.78 is 34.5. The Morgan fingerprint density at radius 1 is 0.951 bits per heavy atom. The van der Waals surface area contributed by atoms with Gasteiger partial charge in [-0.15, -0.1) is 0 Å². The second kappa shape index (κ2) is 12.8. The molecule has 218 valence electrons. The molecule has 0 aromatic heterocycles. The minimum atomic E-state index is -0.638. The van der Waals surface area contributed by atoms with Crippen LogP contribution in [0.1, 0.15) is 56.1 Å². The van der Waals surface area contributed by atoms with Crippen molar-refractivity contribution in [1.29, 1.82) is 0 Å². The average molecular weight is 562 g/mol. The highest BCUT2D eigenvalue weighted by molar-refractivity contribution is 5.70. The van der Waals surface area contributed by atoms with Gasteiger partial charge in [-0.05, 0) is 73.4 Å². The van der Waals surface area contributed by atoms with Gasteiger partial charge in [0.1, 0.15) is 30.0 Å². The highest BCUT2D eigenvalue weighted by atomic mass is 16.7. The number of carbonyl (C=O) groups excluding carboxylic acids is 1. The van der Waals surface area contributed by atoms with Gasteiger partial charge >= 0.3 is 6.09 Å². The van der Waals surface area contributed by atoms with Crippen molar-refractivity contribution < 1.29 is 33.2 Å². The van der Waals surface area contributed by atoms with Crippen molar-refractivity contribution in [3.63, 3.8) is 0 Å². The Kier molecular flexibility index (Phi) is 9.00. The lowest BCUT2D eigenvalue weighted by atomic mass is 10.0. The van der Waals surface area contributed by atoms with Crippen LogP contribution in [0.25, 0.3) is 0 Å². The van der Waals surface area contributed by atoms with Crippen LogP contribution in [-0.2, 0) is 33.8 Å². The first-order chi connectivity index (χ1) is 19.7. The van der Waals surface area contributed by atoms with Crippen LogP contribution in [0.4, 0.5) is 4.79 Å². The van der Waals surface area contributed by atoms with Gasteiger partial charge in [0.25, 0.3) is 0 Å². The number of ether oxygens (including phenoxy) is 6. The van der Waals surface area contributed by atoms with E-state index in [1.807, 2.05) is 94.4 Å². The number of cyclic esters (lactones) is 1. The fourth-order valence-electron chi connectivity index (χ4n) is 4.78. The van der Waals surface area contributed by atoms with E-state index in [0.29, 0.717) is 39.5 Å². The zero-order valence-electron chi connectivity index (χ0n) is 24.3. The summed E-state index contributed by atoms with van der Waals surface area (Å²) in [7, 11) is 0. The summed E-state index contributed by atoms with van der Waals surface area (Å²) >= 11 is 0. The van der Waals surface area contributed by atoms with E-state index in [0.717, 1.165) is 45.9 Å². The van der Waals surface area contributed by atoms with Gasteiger partial charge in [0, 0.05) is 26.0 Å². The molecule has 0 radical (unpaired) electrons. The second-order valence-corrected chi connectivity index (χ2v) is 11.1. The average Bonchev–Trinajstić information content (AvgIpc) is 3.32. The summed E-state index contributed by atoms with van der Waals surface area (Å²) in [5.74, 6) is 1.82. The third-order valence-electron chi connectivity index (χ3n) is 6.93. The molecule has 1 amide bonds. The van der Waals surface area contributed by atoms with Crippen LogP contribution in [0.3, 0.4) is 0 Å². The Labute approximate surface area is 242 Å². The van der Waals surface area contributed by atoms with Crippen molar-refractivity contribution in [3.05, 3.63) is 89.0 Å². The summed E-state index contributed by atoms with van der Waals surface area (Å²) in [5, 5.41) is 0. The number of fused-ring (bicyclic) bond motifs is 1. The van der Waals surface area contributed by atoms with Gasteiger partial charge < -0.3 is 33.3 Å². The maximum Gasteiger partial charge on any atom is 0.410 e.